The number of rotatable bonds is 18. The van der Waals surface area contributed by atoms with E-state index in [0.29, 0.717) is 0 Å². The number of ether oxygens (including phenoxy) is 12. The Hall–Kier alpha value is -2.51. The standard InChI is InChI=1S/C43H66O32/c44-6-13-19(47)25(53)28(56)39(68-13)65-10-17-23(51)34(31(59)38(63)67-17)73-42-32(60)35(22(50)15(8-46)70-42)75-43-33(61)36(74-41-30(58)26(54)20(48)14(7-45)69-41)24(52)18(72-43)11-66-40-29(57)27(55)21(49)16(71-40)9-64-37(62)12-4-2-1-3-5-12/h1-5,13-36,38-61,63H,6-11H2/t13?,14?,15?,16?,17?,18?,19?,20?,21?,22?,23?,24-,25?,26?,27?,28?,29?,30?,31?,32?,33?,34?,35?,36?,38-,39?,40?,41?,42?,43?/m0/s1. The smallest absolute Gasteiger partial charge is 0.338 e. The summed E-state index contributed by atoms with van der Waals surface area (Å²) >= 11 is 0. The van der Waals surface area contributed by atoms with E-state index in [2.05, 4.69) is 0 Å². The van der Waals surface area contributed by atoms with Gasteiger partial charge in [0.2, 0.25) is 0 Å². The summed E-state index contributed by atoms with van der Waals surface area (Å²) in [6, 6.07) is 7.63. The minimum Gasteiger partial charge on any atom is -0.459 e. The van der Waals surface area contributed by atoms with E-state index < -0.39 is 230 Å². The van der Waals surface area contributed by atoms with Gasteiger partial charge >= 0.3 is 5.97 Å². The summed E-state index contributed by atoms with van der Waals surface area (Å²) in [7, 11) is 0. The fraction of sp³-hybridized carbons (Fsp3) is 0.837. The van der Waals surface area contributed by atoms with Crippen molar-refractivity contribution in [2.75, 3.05) is 39.6 Å². The van der Waals surface area contributed by atoms with Crippen molar-refractivity contribution in [3.63, 3.8) is 0 Å². The van der Waals surface area contributed by atoms with Gasteiger partial charge in [0.15, 0.2) is 37.7 Å². The quantitative estimate of drug-likeness (QED) is 0.0607. The van der Waals surface area contributed by atoms with Crippen molar-refractivity contribution in [3.05, 3.63) is 35.9 Å². The van der Waals surface area contributed by atoms with Crippen molar-refractivity contribution in [2.24, 2.45) is 0 Å². The van der Waals surface area contributed by atoms with Crippen molar-refractivity contribution in [1.29, 1.82) is 0 Å². The maximum atomic E-state index is 12.6. The molecule has 6 fully saturated rings. The third kappa shape index (κ3) is 13.1. The van der Waals surface area contributed by atoms with E-state index in [1.165, 1.54) is 12.1 Å². The molecular formula is C43H66O32. The van der Waals surface area contributed by atoms with Gasteiger partial charge in [-0.2, -0.15) is 0 Å². The van der Waals surface area contributed by atoms with Crippen molar-refractivity contribution >= 4 is 5.97 Å². The van der Waals surface area contributed by atoms with Crippen LogP contribution in [-0.4, -0.2) is 327 Å². The number of aliphatic hydroxyl groups is 19. The molecule has 0 saturated carbocycles. The average molecular weight is 1090 g/mol. The first-order valence-electron chi connectivity index (χ1n) is 23.7. The second-order valence-corrected chi connectivity index (χ2v) is 18.6. The predicted octanol–water partition coefficient (Wildman–Crippen LogP) is -12.2. The Kier molecular flexibility index (Phi) is 21.0. The van der Waals surface area contributed by atoms with Gasteiger partial charge in [-0.3, -0.25) is 0 Å². The Bertz CT molecular complexity index is 1910. The van der Waals surface area contributed by atoms with Gasteiger partial charge in [0.25, 0.3) is 0 Å². The van der Waals surface area contributed by atoms with Gasteiger partial charge in [0.1, 0.15) is 153 Å². The van der Waals surface area contributed by atoms with Crippen LogP contribution < -0.4 is 0 Å². The predicted molar refractivity (Wildman–Crippen MR) is 229 cm³/mol. The highest BCUT2D eigenvalue weighted by molar-refractivity contribution is 5.89. The number of hydrogen-bond acceptors (Lipinski definition) is 32. The van der Waals surface area contributed by atoms with E-state index >= 15 is 0 Å². The second kappa shape index (κ2) is 26.2. The van der Waals surface area contributed by atoms with Crippen LogP contribution in [0, 0.1) is 0 Å². The molecule has 7 rings (SSSR count). The van der Waals surface area contributed by atoms with Crippen LogP contribution in [0.25, 0.3) is 0 Å². The third-order valence-electron chi connectivity index (χ3n) is 13.6. The van der Waals surface area contributed by atoms with Crippen LogP contribution in [0.3, 0.4) is 0 Å². The lowest BCUT2D eigenvalue weighted by atomic mass is 9.95. The SMILES string of the molecule is O=C(OCC1OC(OCC2OC(OC3C(O)C(CO)OC(OC4C(O)C(COC5OC(CO)C(O)C(O)C5O)O[C@H](O)C4O)C3O)C(O)C(OC3OC(CO)C(O)C(O)C3O)[C@H]2O)C(O)C(O)C1O)c1ccccc1. The number of carbonyl (C=O) groups excluding carboxylic acids is 1. The number of hydrogen-bond donors (Lipinski definition) is 19. The van der Waals surface area contributed by atoms with Crippen LogP contribution in [0.4, 0.5) is 0 Å². The van der Waals surface area contributed by atoms with E-state index in [-0.39, 0.29) is 5.56 Å². The molecule has 430 valence electrons. The molecule has 30 atom stereocenters. The summed E-state index contributed by atoms with van der Waals surface area (Å²) in [4.78, 5) is 12.6. The van der Waals surface area contributed by atoms with Gasteiger partial charge in [-0.15, -0.1) is 0 Å². The Morgan fingerprint density at radius 1 is 0.360 bits per heavy atom. The molecule has 75 heavy (non-hydrogen) atoms. The van der Waals surface area contributed by atoms with Crippen LogP contribution in [0.1, 0.15) is 10.4 Å². The monoisotopic (exact) mass is 1090 g/mol. The molecule has 6 heterocycles. The van der Waals surface area contributed by atoms with Gasteiger partial charge < -0.3 is 154 Å². The normalized spacial score (nSPS) is 48.8. The molecule has 0 aliphatic carbocycles. The maximum Gasteiger partial charge on any atom is 0.338 e. The summed E-state index contributed by atoms with van der Waals surface area (Å²) in [6.07, 6.45) is -58.7. The van der Waals surface area contributed by atoms with Gasteiger partial charge in [-0.1, -0.05) is 18.2 Å². The summed E-state index contributed by atoms with van der Waals surface area (Å²) in [5, 5.41) is 203. The summed E-state index contributed by atoms with van der Waals surface area (Å²) in [5.41, 5.74) is 0.126. The lowest BCUT2D eigenvalue weighted by Gasteiger charge is -2.49. The molecule has 19 N–H and O–H groups in total. The van der Waals surface area contributed by atoms with E-state index in [1.54, 1.807) is 18.2 Å². The Morgan fingerprint density at radius 3 is 1.16 bits per heavy atom. The highest BCUT2D eigenvalue weighted by Gasteiger charge is 2.57. The molecule has 28 unspecified atom stereocenters. The topological polar surface area (TPSA) is 512 Å². The van der Waals surface area contributed by atoms with Crippen molar-refractivity contribution in [3.8, 4) is 0 Å². The molecule has 0 aromatic heterocycles. The zero-order valence-electron chi connectivity index (χ0n) is 39.3. The maximum absolute atomic E-state index is 12.6. The highest BCUT2D eigenvalue weighted by Crippen LogP contribution is 2.36. The molecule has 32 nitrogen and oxygen atoms in total. The van der Waals surface area contributed by atoms with Gasteiger partial charge in [0.05, 0.1) is 38.6 Å². The number of carbonyl (C=O) groups is 1. The zero-order valence-corrected chi connectivity index (χ0v) is 39.3. The van der Waals surface area contributed by atoms with Gasteiger partial charge in [-0.25, -0.2) is 4.79 Å². The fourth-order valence-electron chi connectivity index (χ4n) is 9.09. The minimum atomic E-state index is -2.30. The molecule has 0 amide bonds. The largest absolute Gasteiger partial charge is 0.459 e. The van der Waals surface area contributed by atoms with E-state index in [0.717, 1.165) is 0 Å². The van der Waals surface area contributed by atoms with Crippen molar-refractivity contribution < 1.29 is 159 Å². The molecule has 1 aromatic rings. The van der Waals surface area contributed by atoms with E-state index in [4.69, 9.17) is 56.8 Å². The minimum absolute atomic E-state index is 0.126. The first-order chi connectivity index (χ1) is 35.6. The van der Waals surface area contributed by atoms with E-state index in [1.807, 2.05) is 0 Å². The van der Waals surface area contributed by atoms with E-state index in [9.17, 15) is 102 Å². The molecule has 32 heteroatoms. The molecule has 0 spiro atoms. The average Bonchev–Trinajstić information content (AvgIpc) is 3.40. The fourth-order valence-corrected chi connectivity index (χ4v) is 9.09. The van der Waals surface area contributed by atoms with Crippen LogP contribution in [0.5, 0.6) is 0 Å². The molecule has 6 aliphatic rings. The summed E-state index contributed by atoms with van der Waals surface area (Å²) in [6.45, 7) is -5.23. The third-order valence-corrected chi connectivity index (χ3v) is 13.6. The Morgan fingerprint density at radius 2 is 0.693 bits per heavy atom. The molecule has 0 radical (unpaired) electrons. The molecule has 6 aliphatic heterocycles. The van der Waals surface area contributed by atoms with Crippen LogP contribution in [-0.2, 0) is 56.8 Å². The summed E-state index contributed by atoms with van der Waals surface area (Å²) in [5.74, 6) is -0.842. The Balaban J connectivity index is 1.08. The number of esters is 1. The molecular weight excluding hydrogens is 1030 g/mol. The first kappa shape index (κ1) is 60.1. The lowest BCUT2D eigenvalue weighted by molar-refractivity contribution is -0.393. The van der Waals surface area contributed by atoms with Crippen LogP contribution >= 0.6 is 0 Å². The lowest BCUT2D eigenvalue weighted by Crippen LogP contribution is -2.68. The second-order valence-electron chi connectivity index (χ2n) is 18.6. The van der Waals surface area contributed by atoms with Gasteiger partial charge in [0, 0.05) is 0 Å². The van der Waals surface area contributed by atoms with Gasteiger partial charge in [-0.05, 0) is 12.1 Å². The first-order valence-corrected chi connectivity index (χ1v) is 23.7. The molecule has 0 bridgehead atoms. The summed E-state index contributed by atoms with van der Waals surface area (Å²) < 4.78 is 66.6. The number of benzene rings is 1. The van der Waals surface area contributed by atoms with Crippen molar-refractivity contribution in [2.45, 2.75) is 184 Å². The number of aliphatic hydroxyl groups excluding tert-OH is 19. The zero-order chi connectivity index (χ0) is 54.7. The van der Waals surface area contributed by atoms with Crippen molar-refractivity contribution in [1.82, 2.24) is 0 Å². The molecule has 6 saturated heterocycles. The molecule has 1 aromatic carbocycles. The van der Waals surface area contributed by atoms with Crippen LogP contribution in [0.2, 0.25) is 0 Å². The Labute approximate surface area is 424 Å². The van der Waals surface area contributed by atoms with Crippen LogP contribution in [0.15, 0.2) is 30.3 Å². The highest BCUT2D eigenvalue weighted by atomic mass is 16.8.